The molecule has 0 bridgehead atoms. The van der Waals surface area contributed by atoms with E-state index in [1.807, 2.05) is 0 Å². The van der Waals surface area contributed by atoms with Crippen LogP contribution in [0.4, 0.5) is 11.4 Å². The Hall–Kier alpha value is -1.66. The molecule has 1 aromatic carbocycles. The molecular formula is C13H20N2O4. The van der Waals surface area contributed by atoms with E-state index in [2.05, 4.69) is 0 Å². The van der Waals surface area contributed by atoms with Crippen molar-refractivity contribution >= 4 is 11.4 Å². The van der Waals surface area contributed by atoms with E-state index in [4.69, 9.17) is 0 Å². The van der Waals surface area contributed by atoms with E-state index < -0.39 is 16.6 Å². The SMILES string of the molecule is C[C@H](O)c1ccc(N(C)C(C)(C)CO)c([N+](=O)[O-])c1. The molecule has 0 fully saturated rings. The summed E-state index contributed by atoms with van der Waals surface area (Å²) in [5.41, 5.74) is 0.207. The van der Waals surface area contributed by atoms with Crippen LogP contribution in [0, 0.1) is 10.1 Å². The number of rotatable bonds is 5. The first-order chi connectivity index (χ1) is 8.70. The van der Waals surface area contributed by atoms with E-state index in [9.17, 15) is 20.3 Å². The number of nitro benzene ring substituents is 1. The normalized spacial score (nSPS) is 13.2. The maximum Gasteiger partial charge on any atom is 0.292 e. The van der Waals surface area contributed by atoms with Crippen molar-refractivity contribution in [1.29, 1.82) is 0 Å². The third-order valence-electron chi connectivity index (χ3n) is 3.33. The number of hydrogen-bond acceptors (Lipinski definition) is 5. The molecule has 0 heterocycles. The Bertz CT molecular complexity index is 472. The molecule has 1 atom stereocenters. The number of anilines is 1. The van der Waals surface area contributed by atoms with Gasteiger partial charge in [0, 0.05) is 13.1 Å². The van der Waals surface area contributed by atoms with Crippen LogP contribution in [0.15, 0.2) is 18.2 Å². The molecule has 0 spiro atoms. The van der Waals surface area contributed by atoms with E-state index in [1.165, 1.54) is 6.07 Å². The van der Waals surface area contributed by atoms with Crippen molar-refractivity contribution in [2.75, 3.05) is 18.6 Å². The van der Waals surface area contributed by atoms with E-state index in [1.54, 1.807) is 44.9 Å². The van der Waals surface area contributed by atoms with Crippen molar-refractivity contribution in [3.63, 3.8) is 0 Å². The molecule has 0 amide bonds. The first-order valence-corrected chi connectivity index (χ1v) is 6.02. The summed E-state index contributed by atoms with van der Waals surface area (Å²) >= 11 is 0. The molecule has 1 aromatic rings. The Morgan fingerprint density at radius 1 is 1.47 bits per heavy atom. The van der Waals surface area contributed by atoms with Gasteiger partial charge in [-0.25, -0.2) is 0 Å². The highest BCUT2D eigenvalue weighted by Gasteiger charge is 2.28. The van der Waals surface area contributed by atoms with Crippen LogP contribution < -0.4 is 4.90 Å². The highest BCUT2D eigenvalue weighted by atomic mass is 16.6. The Balaban J connectivity index is 3.32. The molecule has 1 rings (SSSR count). The van der Waals surface area contributed by atoms with Gasteiger partial charge >= 0.3 is 0 Å². The van der Waals surface area contributed by atoms with Gasteiger partial charge in [-0.1, -0.05) is 6.07 Å². The summed E-state index contributed by atoms with van der Waals surface area (Å²) in [6.45, 7) is 5.01. The Morgan fingerprint density at radius 2 is 2.05 bits per heavy atom. The Labute approximate surface area is 112 Å². The van der Waals surface area contributed by atoms with Crippen molar-refractivity contribution in [3.05, 3.63) is 33.9 Å². The molecule has 6 nitrogen and oxygen atoms in total. The van der Waals surface area contributed by atoms with Crippen LogP contribution in [0.5, 0.6) is 0 Å². The van der Waals surface area contributed by atoms with Crippen LogP contribution in [-0.2, 0) is 0 Å². The third-order valence-corrected chi connectivity index (χ3v) is 3.33. The lowest BCUT2D eigenvalue weighted by molar-refractivity contribution is -0.384. The van der Waals surface area contributed by atoms with E-state index in [-0.39, 0.29) is 12.3 Å². The molecule has 0 saturated heterocycles. The van der Waals surface area contributed by atoms with Gasteiger partial charge in [0.05, 0.1) is 23.2 Å². The van der Waals surface area contributed by atoms with Gasteiger partial charge in [0.2, 0.25) is 0 Å². The van der Waals surface area contributed by atoms with E-state index in [0.29, 0.717) is 11.3 Å². The van der Waals surface area contributed by atoms with Crippen molar-refractivity contribution < 1.29 is 15.1 Å². The lowest BCUT2D eigenvalue weighted by Gasteiger charge is -2.35. The zero-order valence-corrected chi connectivity index (χ0v) is 11.6. The summed E-state index contributed by atoms with van der Waals surface area (Å²) in [6, 6.07) is 4.61. The fourth-order valence-electron chi connectivity index (χ4n) is 1.66. The molecule has 0 unspecified atom stereocenters. The standard InChI is InChI=1S/C13H20N2O4/c1-9(17)10-5-6-11(12(7-10)15(18)19)14(4)13(2,3)8-16/h5-7,9,16-17H,8H2,1-4H3/t9-/m0/s1. The Morgan fingerprint density at radius 3 is 2.47 bits per heavy atom. The number of hydrogen-bond donors (Lipinski definition) is 2. The van der Waals surface area contributed by atoms with E-state index >= 15 is 0 Å². The molecule has 0 aromatic heterocycles. The van der Waals surface area contributed by atoms with Crippen molar-refractivity contribution in [2.24, 2.45) is 0 Å². The average Bonchev–Trinajstić information content (AvgIpc) is 2.36. The van der Waals surface area contributed by atoms with Gasteiger partial charge < -0.3 is 15.1 Å². The minimum absolute atomic E-state index is 0.0811. The topological polar surface area (TPSA) is 86.8 Å². The number of likely N-dealkylation sites (N-methyl/N-ethyl adjacent to an activating group) is 1. The van der Waals surface area contributed by atoms with Crippen LogP contribution in [0.3, 0.4) is 0 Å². The van der Waals surface area contributed by atoms with Crippen LogP contribution in [0.25, 0.3) is 0 Å². The summed E-state index contributed by atoms with van der Waals surface area (Å²) in [5.74, 6) is 0. The molecule has 19 heavy (non-hydrogen) atoms. The van der Waals surface area contributed by atoms with Crippen molar-refractivity contribution in [2.45, 2.75) is 32.4 Å². The zero-order valence-electron chi connectivity index (χ0n) is 11.6. The quantitative estimate of drug-likeness (QED) is 0.628. The predicted octanol–water partition coefficient (Wildman–Crippen LogP) is 1.86. The molecule has 0 aliphatic rings. The lowest BCUT2D eigenvalue weighted by atomic mass is 10.0. The van der Waals surface area contributed by atoms with Gasteiger partial charge in [0.1, 0.15) is 5.69 Å². The summed E-state index contributed by atoms with van der Waals surface area (Å²) in [5, 5.41) is 30.0. The molecule has 106 valence electrons. The van der Waals surface area contributed by atoms with E-state index in [0.717, 1.165) is 0 Å². The molecule has 0 radical (unpaired) electrons. The van der Waals surface area contributed by atoms with Gasteiger partial charge in [-0.2, -0.15) is 0 Å². The second-order valence-corrected chi connectivity index (χ2v) is 5.21. The first kappa shape index (κ1) is 15.4. The second-order valence-electron chi connectivity index (χ2n) is 5.21. The summed E-state index contributed by atoms with van der Waals surface area (Å²) in [4.78, 5) is 12.3. The first-order valence-electron chi connectivity index (χ1n) is 6.02. The van der Waals surface area contributed by atoms with Crippen LogP contribution in [0.2, 0.25) is 0 Å². The third kappa shape index (κ3) is 3.21. The molecule has 2 N–H and O–H groups in total. The molecule has 0 aliphatic heterocycles. The maximum absolute atomic E-state index is 11.2. The zero-order chi connectivity index (χ0) is 14.8. The number of aliphatic hydroxyl groups excluding tert-OH is 2. The van der Waals surface area contributed by atoms with Crippen molar-refractivity contribution in [3.8, 4) is 0 Å². The van der Waals surface area contributed by atoms with Gasteiger partial charge in [-0.3, -0.25) is 10.1 Å². The maximum atomic E-state index is 11.2. The fourth-order valence-corrected chi connectivity index (χ4v) is 1.66. The highest BCUT2D eigenvalue weighted by Crippen LogP contribution is 2.33. The van der Waals surface area contributed by atoms with Crippen LogP contribution in [-0.4, -0.2) is 34.3 Å². The highest BCUT2D eigenvalue weighted by molar-refractivity contribution is 5.65. The molecular weight excluding hydrogens is 248 g/mol. The van der Waals surface area contributed by atoms with Crippen LogP contribution >= 0.6 is 0 Å². The summed E-state index contributed by atoms with van der Waals surface area (Å²) in [7, 11) is 1.70. The lowest BCUT2D eigenvalue weighted by Crippen LogP contribution is -2.44. The van der Waals surface area contributed by atoms with Gasteiger partial charge in [-0.15, -0.1) is 0 Å². The fraction of sp³-hybridized carbons (Fsp3) is 0.538. The van der Waals surface area contributed by atoms with Gasteiger partial charge in [0.15, 0.2) is 0 Å². The molecule has 6 heteroatoms. The summed E-state index contributed by atoms with van der Waals surface area (Å²) < 4.78 is 0. The van der Waals surface area contributed by atoms with Crippen LogP contribution in [0.1, 0.15) is 32.4 Å². The Kier molecular flexibility index (Phi) is 4.49. The number of nitrogens with zero attached hydrogens (tertiary/aromatic N) is 2. The minimum atomic E-state index is -0.760. The monoisotopic (exact) mass is 268 g/mol. The number of aliphatic hydroxyl groups is 2. The number of benzene rings is 1. The smallest absolute Gasteiger partial charge is 0.292 e. The molecule has 0 saturated carbocycles. The second kappa shape index (κ2) is 5.54. The van der Waals surface area contributed by atoms with Gasteiger partial charge in [0.25, 0.3) is 5.69 Å². The number of nitro groups is 1. The van der Waals surface area contributed by atoms with Crippen molar-refractivity contribution in [1.82, 2.24) is 0 Å². The summed E-state index contributed by atoms with van der Waals surface area (Å²) in [6.07, 6.45) is -0.760. The largest absolute Gasteiger partial charge is 0.394 e. The molecule has 0 aliphatic carbocycles. The minimum Gasteiger partial charge on any atom is -0.394 e. The average molecular weight is 268 g/mol. The van der Waals surface area contributed by atoms with Gasteiger partial charge in [-0.05, 0) is 32.4 Å². The predicted molar refractivity (Wildman–Crippen MR) is 73.3 cm³/mol.